The van der Waals surface area contributed by atoms with Crippen LogP contribution in [0.1, 0.15) is 17.2 Å². The highest BCUT2D eigenvalue weighted by molar-refractivity contribution is 6.31. The van der Waals surface area contributed by atoms with Gasteiger partial charge in [0, 0.05) is 37.7 Å². The number of hydrogen-bond acceptors (Lipinski definition) is 4. The Bertz CT molecular complexity index is 733. The van der Waals surface area contributed by atoms with E-state index in [4.69, 9.17) is 22.1 Å². The molecule has 1 amide bonds. The predicted molar refractivity (Wildman–Crippen MR) is 108 cm³/mol. The summed E-state index contributed by atoms with van der Waals surface area (Å²) in [6.07, 6.45) is 0. The second-order valence-electron chi connectivity index (χ2n) is 6.73. The molecule has 0 bridgehead atoms. The summed E-state index contributed by atoms with van der Waals surface area (Å²) >= 11 is 6.54. The van der Waals surface area contributed by atoms with Crippen LogP contribution in [-0.4, -0.2) is 61.6 Å². The normalized spacial score (nSPS) is 16.9. The summed E-state index contributed by atoms with van der Waals surface area (Å²) in [5.41, 5.74) is 7.49. The Kier molecular flexibility index (Phi) is 7.24. The molecule has 0 spiro atoms. The standard InChI is InChI=1S/C21H26ClN3O2/c22-19-9-5-4-8-18(19)21(17-6-2-1-3-7-17)25-12-10-24(11-13-25)14-15-27-16-20(23)26/h1-9,21H,10-16H2,(H2,23,26)/t21-/m1/s1. The average molecular weight is 388 g/mol. The van der Waals surface area contributed by atoms with Gasteiger partial charge in [0.05, 0.1) is 12.6 Å². The Balaban J connectivity index is 1.65. The summed E-state index contributed by atoms with van der Waals surface area (Å²) in [4.78, 5) is 15.6. The minimum Gasteiger partial charge on any atom is -0.370 e. The second kappa shape index (κ2) is 9.85. The van der Waals surface area contributed by atoms with Crippen LogP contribution < -0.4 is 5.73 Å². The van der Waals surface area contributed by atoms with Gasteiger partial charge in [0.15, 0.2) is 0 Å². The number of carbonyl (C=O) groups is 1. The lowest BCUT2D eigenvalue weighted by Crippen LogP contribution is -2.48. The van der Waals surface area contributed by atoms with Crippen molar-refractivity contribution < 1.29 is 9.53 Å². The van der Waals surface area contributed by atoms with Gasteiger partial charge >= 0.3 is 0 Å². The molecule has 1 fully saturated rings. The predicted octanol–water partition coefficient (Wildman–Crippen LogP) is 2.55. The number of nitrogens with two attached hydrogens (primary N) is 1. The van der Waals surface area contributed by atoms with Crippen LogP contribution in [-0.2, 0) is 9.53 Å². The van der Waals surface area contributed by atoms with E-state index < -0.39 is 5.91 Å². The first-order chi connectivity index (χ1) is 13.1. The molecule has 1 heterocycles. The first-order valence-corrected chi connectivity index (χ1v) is 9.65. The molecule has 1 aliphatic heterocycles. The molecule has 6 heteroatoms. The van der Waals surface area contributed by atoms with E-state index >= 15 is 0 Å². The maximum atomic E-state index is 10.7. The fourth-order valence-electron chi connectivity index (χ4n) is 3.53. The number of piperazine rings is 1. The molecule has 5 nitrogen and oxygen atoms in total. The zero-order valence-corrected chi connectivity index (χ0v) is 16.1. The summed E-state index contributed by atoms with van der Waals surface area (Å²) in [6, 6.07) is 18.8. The molecule has 1 atom stereocenters. The van der Waals surface area contributed by atoms with E-state index in [2.05, 4.69) is 40.1 Å². The van der Waals surface area contributed by atoms with E-state index in [9.17, 15) is 4.79 Å². The van der Waals surface area contributed by atoms with Crippen molar-refractivity contribution in [2.75, 3.05) is 45.9 Å². The number of ether oxygens (including phenoxy) is 1. The van der Waals surface area contributed by atoms with Crippen LogP contribution in [0.25, 0.3) is 0 Å². The van der Waals surface area contributed by atoms with Crippen LogP contribution in [0, 0.1) is 0 Å². The van der Waals surface area contributed by atoms with Crippen LogP contribution in [0.2, 0.25) is 5.02 Å². The number of amides is 1. The van der Waals surface area contributed by atoms with Crippen molar-refractivity contribution in [3.63, 3.8) is 0 Å². The average Bonchev–Trinajstić information content (AvgIpc) is 2.69. The molecule has 1 aliphatic rings. The van der Waals surface area contributed by atoms with Gasteiger partial charge in [-0.2, -0.15) is 0 Å². The van der Waals surface area contributed by atoms with Gasteiger partial charge in [-0.1, -0.05) is 60.1 Å². The minimum absolute atomic E-state index is 0.0114. The van der Waals surface area contributed by atoms with Crippen molar-refractivity contribution in [2.45, 2.75) is 6.04 Å². The van der Waals surface area contributed by atoms with Crippen molar-refractivity contribution in [1.29, 1.82) is 0 Å². The second-order valence-corrected chi connectivity index (χ2v) is 7.14. The fourth-order valence-corrected chi connectivity index (χ4v) is 3.77. The Morgan fingerprint density at radius 1 is 1.04 bits per heavy atom. The lowest BCUT2D eigenvalue weighted by molar-refractivity contribution is -0.122. The molecule has 0 unspecified atom stereocenters. The monoisotopic (exact) mass is 387 g/mol. The quantitative estimate of drug-likeness (QED) is 0.707. The first-order valence-electron chi connectivity index (χ1n) is 9.27. The van der Waals surface area contributed by atoms with E-state index in [0.29, 0.717) is 6.61 Å². The van der Waals surface area contributed by atoms with E-state index in [1.807, 2.05) is 24.3 Å². The molecular weight excluding hydrogens is 362 g/mol. The molecular formula is C21H26ClN3O2. The van der Waals surface area contributed by atoms with Crippen LogP contribution in [0.4, 0.5) is 0 Å². The number of hydrogen-bond donors (Lipinski definition) is 1. The maximum Gasteiger partial charge on any atom is 0.243 e. The van der Waals surface area contributed by atoms with Crippen LogP contribution >= 0.6 is 11.6 Å². The van der Waals surface area contributed by atoms with Crippen molar-refractivity contribution >= 4 is 17.5 Å². The molecule has 1 saturated heterocycles. The molecule has 0 aromatic heterocycles. The van der Waals surface area contributed by atoms with Crippen LogP contribution in [0.3, 0.4) is 0 Å². The third kappa shape index (κ3) is 5.53. The largest absolute Gasteiger partial charge is 0.370 e. The van der Waals surface area contributed by atoms with Gasteiger partial charge in [0.1, 0.15) is 6.61 Å². The van der Waals surface area contributed by atoms with Gasteiger partial charge in [-0.25, -0.2) is 0 Å². The van der Waals surface area contributed by atoms with E-state index in [0.717, 1.165) is 43.3 Å². The highest BCUT2D eigenvalue weighted by Crippen LogP contribution is 2.33. The van der Waals surface area contributed by atoms with Gasteiger partial charge in [-0.15, -0.1) is 0 Å². The lowest BCUT2D eigenvalue weighted by Gasteiger charge is -2.40. The van der Waals surface area contributed by atoms with Crippen molar-refractivity contribution in [1.82, 2.24) is 9.80 Å². The van der Waals surface area contributed by atoms with Crippen molar-refractivity contribution in [3.8, 4) is 0 Å². The lowest BCUT2D eigenvalue weighted by atomic mass is 9.96. The molecule has 144 valence electrons. The smallest absolute Gasteiger partial charge is 0.243 e. The van der Waals surface area contributed by atoms with Gasteiger partial charge in [-0.05, 0) is 17.2 Å². The molecule has 0 aliphatic carbocycles. The zero-order valence-electron chi connectivity index (χ0n) is 15.4. The number of benzene rings is 2. The maximum absolute atomic E-state index is 10.7. The third-order valence-electron chi connectivity index (χ3n) is 4.88. The molecule has 2 aromatic carbocycles. The fraction of sp³-hybridized carbons (Fsp3) is 0.381. The van der Waals surface area contributed by atoms with Crippen molar-refractivity contribution in [3.05, 3.63) is 70.7 Å². The molecule has 27 heavy (non-hydrogen) atoms. The molecule has 2 N–H and O–H groups in total. The Labute approximate surface area is 165 Å². The topological polar surface area (TPSA) is 58.8 Å². The third-order valence-corrected chi connectivity index (χ3v) is 5.23. The van der Waals surface area contributed by atoms with E-state index in [1.165, 1.54) is 5.56 Å². The zero-order chi connectivity index (χ0) is 19.1. The highest BCUT2D eigenvalue weighted by Gasteiger charge is 2.27. The van der Waals surface area contributed by atoms with Crippen molar-refractivity contribution in [2.24, 2.45) is 5.73 Å². The Hall–Kier alpha value is -1.92. The first kappa shape index (κ1) is 19.8. The van der Waals surface area contributed by atoms with E-state index in [-0.39, 0.29) is 12.6 Å². The van der Waals surface area contributed by atoms with Crippen LogP contribution in [0.5, 0.6) is 0 Å². The van der Waals surface area contributed by atoms with Gasteiger partial charge in [0.2, 0.25) is 5.91 Å². The van der Waals surface area contributed by atoms with Gasteiger partial charge in [0.25, 0.3) is 0 Å². The Morgan fingerprint density at radius 3 is 2.37 bits per heavy atom. The van der Waals surface area contributed by atoms with Gasteiger partial charge < -0.3 is 10.5 Å². The Morgan fingerprint density at radius 2 is 1.70 bits per heavy atom. The number of nitrogens with zero attached hydrogens (tertiary/aromatic N) is 2. The molecule has 2 aromatic rings. The molecule has 0 radical (unpaired) electrons. The SMILES string of the molecule is NC(=O)COCCN1CCN([C@H](c2ccccc2)c2ccccc2Cl)CC1. The highest BCUT2D eigenvalue weighted by atomic mass is 35.5. The number of halogens is 1. The summed E-state index contributed by atoms with van der Waals surface area (Å²) in [6.45, 7) is 5.12. The summed E-state index contributed by atoms with van der Waals surface area (Å²) in [5, 5.41) is 0.800. The minimum atomic E-state index is -0.426. The summed E-state index contributed by atoms with van der Waals surface area (Å²) in [7, 11) is 0. The van der Waals surface area contributed by atoms with Crippen LogP contribution in [0.15, 0.2) is 54.6 Å². The summed E-state index contributed by atoms with van der Waals surface area (Å²) < 4.78 is 5.28. The number of primary amides is 1. The number of carbonyl (C=O) groups excluding carboxylic acids is 1. The van der Waals surface area contributed by atoms with E-state index in [1.54, 1.807) is 0 Å². The van der Waals surface area contributed by atoms with Gasteiger partial charge in [-0.3, -0.25) is 14.6 Å². The molecule has 0 saturated carbocycles. The summed E-state index contributed by atoms with van der Waals surface area (Å²) in [5.74, 6) is -0.426. The number of rotatable bonds is 8. The molecule has 3 rings (SSSR count).